The van der Waals surface area contributed by atoms with Gasteiger partial charge >= 0.3 is 6.03 Å². The van der Waals surface area contributed by atoms with Crippen molar-refractivity contribution in [3.63, 3.8) is 0 Å². The van der Waals surface area contributed by atoms with Crippen molar-refractivity contribution < 1.29 is 19.1 Å². The summed E-state index contributed by atoms with van der Waals surface area (Å²) in [6, 6.07) is 24.4. The number of nitrogens with zero attached hydrogens (tertiary/aromatic N) is 5. The maximum atomic E-state index is 14.1. The number of nitrogens with one attached hydrogen (secondary N) is 1. The van der Waals surface area contributed by atoms with Crippen molar-refractivity contribution in [2.75, 3.05) is 45.2 Å². The monoisotopic (exact) mass is 568 g/mol. The molecule has 0 bridgehead atoms. The highest BCUT2D eigenvalue weighted by Gasteiger charge is 2.51. The minimum Gasteiger partial charge on any atom is -0.489 e. The Labute approximate surface area is 246 Å². The van der Waals surface area contributed by atoms with Gasteiger partial charge in [-0.25, -0.2) is 4.79 Å². The van der Waals surface area contributed by atoms with Crippen LogP contribution in [0.3, 0.4) is 0 Å². The minimum atomic E-state index is -0.687. The number of hydrogen-bond donors (Lipinski definition) is 1. The van der Waals surface area contributed by atoms with Gasteiger partial charge in [-0.1, -0.05) is 72.8 Å². The minimum absolute atomic E-state index is 0.0149. The Kier molecular flexibility index (Phi) is 7.71. The molecular formula is C32H36N6O4. The highest BCUT2D eigenvalue weighted by atomic mass is 16.5. The van der Waals surface area contributed by atoms with Gasteiger partial charge < -0.3 is 24.8 Å². The van der Waals surface area contributed by atoms with Crippen LogP contribution in [0.1, 0.15) is 16.7 Å². The van der Waals surface area contributed by atoms with Crippen LogP contribution < -0.4 is 15.0 Å². The van der Waals surface area contributed by atoms with Crippen molar-refractivity contribution in [2.45, 2.75) is 31.7 Å². The number of para-hydroxylation sites is 1. The number of fused-ring (bicyclic) bond motifs is 2. The number of carbonyl (C=O) groups excluding carboxylic acids is 3. The zero-order chi connectivity index (χ0) is 29.2. The van der Waals surface area contributed by atoms with Crippen LogP contribution in [-0.4, -0.2) is 90.2 Å². The van der Waals surface area contributed by atoms with Crippen LogP contribution in [0.2, 0.25) is 0 Å². The Morgan fingerprint density at radius 3 is 2.43 bits per heavy atom. The van der Waals surface area contributed by atoms with E-state index in [0.29, 0.717) is 26.1 Å². The number of rotatable bonds is 7. The summed E-state index contributed by atoms with van der Waals surface area (Å²) in [5.74, 6) is 0.514. The second-order valence-corrected chi connectivity index (χ2v) is 11.0. The normalized spacial score (nSPS) is 20.2. The van der Waals surface area contributed by atoms with Gasteiger partial charge in [-0.2, -0.15) is 5.01 Å². The molecule has 2 fully saturated rings. The molecule has 0 spiro atoms. The summed E-state index contributed by atoms with van der Waals surface area (Å²) in [7, 11) is 3.70. The highest BCUT2D eigenvalue weighted by molar-refractivity contribution is 5.92. The molecule has 218 valence electrons. The number of benzene rings is 3. The van der Waals surface area contributed by atoms with Crippen LogP contribution >= 0.6 is 0 Å². The summed E-state index contributed by atoms with van der Waals surface area (Å²) in [5, 5.41) is 6.19. The van der Waals surface area contributed by atoms with Crippen LogP contribution in [0.4, 0.5) is 10.5 Å². The zero-order valence-corrected chi connectivity index (χ0v) is 24.0. The van der Waals surface area contributed by atoms with E-state index in [1.165, 1.54) is 5.01 Å². The molecule has 2 saturated heterocycles. The van der Waals surface area contributed by atoms with Gasteiger partial charge in [0, 0.05) is 39.2 Å². The molecule has 3 aromatic carbocycles. The van der Waals surface area contributed by atoms with Gasteiger partial charge in [0.05, 0.1) is 25.3 Å². The third-order valence-corrected chi connectivity index (χ3v) is 8.33. The van der Waals surface area contributed by atoms with Crippen LogP contribution in [-0.2, 0) is 29.1 Å². The number of carbonyl (C=O) groups is 3. The topological polar surface area (TPSA) is 88.7 Å². The Morgan fingerprint density at radius 1 is 0.976 bits per heavy atom. The molecule has 1 N–H and O–H groups in total. The van der Waals surface area contributed by atoms with E-state index in [9.17, 15) is 14.4 Å². The van der Waals surface area contributed by atoms with Crippen LogP contribution in [0.25, 0.3) is 0 Å². The van der Waals surface area contributed by atoms with E-state index >= 15 is 0 Å². The second kappa shape index (κ2) is 11.7. The number of urea groups is 1. The summed E-state index contributed by atoms with van der Waals surface area (Å²) in [6.07, 6.45) is -0.0954. The standard InChI is InChI=1S/C32H36N6O4/c1-34-16-17-42-30-25(14-9-15-26(30)34)20-36-21-28-37(35(2)32(41)33-19-24-12-7-4-8-13-24)22-29(39)38(28)27(31(36)40)18-23-10-5-3-6-11-23/h3-15,27-28H,16-22H2,1-2H3,(H,33,41)/t27-,28+/m0/s1. The van der Waals surface area contributed by atoms with Crippen LogP contribution in [0.15, 0.2) is 78.9 Å². The molecule has 3 heterocycles. The number of ether oxygens (including phenoxy) is 1. The van der Waals surface area contributed by atoms with E-state index in [1.54, 1.807) is 17.0 Å². The first-order valence-corrected chi connectivity index (χ1v) is 14.3. The third-order valence-electron chi connectivity index (χ3n) is 8.33. The van der Waals surface area contributed by atoms with E-state index in [4.69, 9.17) is 4.74 Å². The quantitative estimate of drug-likeness (QED) is 0.472. The summed E-state index contributed by atoms with van der Waals surface area (Å²) in [6.45, 7) is 2.37. The molecule has 10 nitrogen and oxygen atoms in total. The van der Waals surface area contributed by atoms with Gasteiger partial charge in [0.1, 0.15) is 24.6 Å². The van der Waals surface area contributed by atoms with Crippen LogP contribution in [0.5, 0.6) is 5.75 Å². The molecule has 0 aliphatic carbocycles. The molecule has 6 rings (SSSR count). The lowest BCUT2D eigenvalue weighted by molar-refractivity contribution is -0.157. The molecule has 0 unspecified atom stereocenters. The molecule has 10 heteroatoms. The van der Waals surface area contributed by atoms with Gasteiger partial charge in [0.15, 0.2) is 0 Å². The number of piperazine rings is 1. The average Bonchev–Trinajstić information content (AvgIpc) is 3.34. The maximum Gasteiger partial charge on any atom is 0.332 e. The predicted octanol–water partition coefficient (Wildman–Crippen LogP) is 2.70. The molecule has 2 atom stereocenters. The highest BCUT2D eigenvalue weighted by Crippen LogP contribution is 2.36. The van der Waals surface area contributed by atoms with Crippen molar-refractivity contribution in [1.29, 1.82) is 0 Å². The fraction of sp³-hybridized carbons (Fsp3) is 0.344. The molecule has 0 radical (unpaired) electrons. The van der Waals surface area contributed by atoms with Gasteiger partial charge in [-0.05, 0) is 17.2 Å². The molecule has 42 heavy (non-hydrogen) atoms. The largest absolute Gasteiger partial charge is 0.489 e. The lowest BCUT2D eigenvalue weighted by atomic mass is 9.99. The van der Waals surface area contributed by atoms with Gasteiger partial charge in [0.2, 0.25) is 11.8 Å². The number of anilines is 1. The number of hydrogen-bond acceptors (Lipinski definition) is 6. The summed E-state index contributed by atoms with van der Waals surface area (Å²) >= 11 is 0. The maximum absolute atomic E-state index is 14.1. The van der Waals surface area contributed by atoms with Gasteiger partial charge in [-0.15, -0.1) is 0 Å². The smallest absolute Gasteiger partial charge is 0.332 e. The molecule has 3 aliphatic rings. The molecule has 3 aliphatic heterocycles. The molecule has 0 saturated carbocycles. The van der Waals surface area contributed by atoms with E-state index < -0.39 is 12.2 Å². The third kappa shape index (κ3) is 5.37. The fourth-order valence-electron chi connectivity index (χ4n) is 6.07. The van der Waals surface area contributed by atoms with Gasteiger partial charge in [-0.3, -0.25) is 14.6 Å². The summed E-state index contributed by atoms with van der Waals surface area (Å²) in [4.78, 5) is 46.5. The number of hydrazine groups is 1. The Balaban J connectivity index is 1.27. The van der Waals surface area contributed by atoms with Crippen molar-refractivity contribution >= 4 is 23.5 Å². The lowest BCUT2D eigenvalue weighted by Gasteiger charge is -2.46. The zero-order valence-electron chi connectivity index (χ0n) is 24.0. The Morgan fingerprint density at radius 2 is 1.69 bits per heavy atom. The van der Waals surface area contributed by atoms with Crippen molar-refractivity contribution in [3.05, 3.63) is 95.6 Å². The van der Waals surface area contributed by atoms with E-state index in [1.807, 2.05) is 90.8 Å². The lowest BCUT2D eigenvalue weighted by Crippen LogP contribution is -2.65. The summed E-state index contributed by atoms with van der Waals surface area (Å²) < 4.78 is 6.07. The molecule has 4 amide bonds. The average molecular weight is 569 g/mol. The van der Waals surface area contributed by atoms with Crippen LogP contribution in [0, 0.1) is 0 Å². The number of likely N-dealkylation sites (N-methyl/N-ethyl adjacent to an activating group) is 1. The Hall–Kier alpha value is -4.57. The van der Waals surface area contributed by atoms with Gasteiger partial charge in [0.25, 0.3) is 0 Å². The summed E-state index contributed by atoms with van der Waals surface area (Å²) in [5.41, 5.74) is 3.87. The van der Waals surface area contributed by atoms with Crippen molar-refractivity contribution in [2.24, 2.45) is 0 Å². The fourth-order valence-corrected chi connectivity index (χ4v) is 6.07. The molecule has 0 aromatic heterocycles. The first kappa shape index (κ1) is 27.6. The second-order valence-electron chi connectivity index (χ2n) is 11.0. The first-order valence-electron chi connectivity index (χ1n) is 14.3. The number of amides is 4. The van der Waals surface area contributed by atoms with E-state index in [-0.39, 0.29) is 30.9 Å². The van der Waals surface area contributed by atoms with E-state index in [2.05, 4.69) is 10.2 Å². The first-order chi connectivity index (χ1) is 20.4. The molecular weight excluding hydrogens is 532 g/mol. The van der Waals surface area contributed by atoms with Crippen molar-refractivity contribution in [1.82, 2.24) is 25.1 Å². The molecule has 3 aromatic rings. The van der Waals surface area contributed by atoms with E-state index in [0.717, 1.165) is 34.7 Å². The Bertz CT molecular complexity index is 1450. The predicted molar refractivity (Wildman–Crippen MR) is 158 cm³/mol. The van der Waals surface area contributed by atoms with Crippen molar-refractivity contribution in [3.8, 4) is 5.75 Å². The SMILES string of the molecule is CN1CCOc2c(CN3C[C@H]4N(C(=O)CN4N(C)C(=O)NCc4ccccc4)[C@@H](Cc4ccccc4)C3=O)cccc21.